The number of methoxy groups -OCH3 is 1. The van der Waals surface area contributed by atoms with Crippen molar-refractivity contribution in [3.05, 3.63) is 52.0 Å². The number of nitrogens with zero attached hydrogens (tertiary/aromatic N) is 2. The maximum Gasteiger partial charge on any atom is 0.350 e. The van der Waals surface area contributed by atoms with Crippen LogP contribution in [-0.4, -0.2) is 61.5 Å². The highest BCUT2D eigenvalue weighted by Crippen LogP contribution is 2.23. The van der Waals surface area contributed by atoms with Crippen LogP contribution in [0.15, 0.2) is 35.7 Å². The SMILES string of the molecule is COC(=O)c1sccc1NC(=O)CN1CCCN(Cc2ccc(F)cc2)CC1. The number of rotatable bonds is 6. The Bertz CT molecular complexity index is 809. The third-order valence-corrected chi connectivity index (χ3v) is 5.57. The molecule has 0 atom stereocenters. The molecule has 2 aromatic rings. The molecular formula is C20H24FN3O3S. The molecule has 1 aromatic carbocycles. The first-order valence-corrected chi connectivity index (χ1v) is 10.1. The average Bonchev–Trinajstić information content (AvgIpc) is 3.03. The fourth-order valence-electron chi connectivity index (χ4n) is 3.24. The number of halogens is 1. The molecule has 0 unspecified atom stereocenters. The van der Waals surface area contributed by atoms with Gasteiger partial charge in [0, 0.05) is 19.6 Å². The van der Waals surface area contributed by atoms with Gasteiger partial charge in [0.1, 0.15) is 10.7 Å². The Morgan fingerprint density at radius 3 is 2.57 bits per heavy atom. The van der Waals surface area contributed by atoms with E-state index < -0.39 is 5.97 Å². The van der Waals surface area contributed by atoms with Gasteiger partial charge in [-0.15, -0.1) is 11.3 Å². The van der Waals surface area contributed by atoms with Crippen LogP contribution in [0, 0.1) is 5.82 Å². The lowest BCUT2D eigenvalue weighted by atomic mass is 10.2. The van der Waals surface area contributed by atoms with E-state index in [1.165, 1.54) is 30.6 Å². The zero-order valence-electron chi connectivity index (χ0n) is 15.8. The lowest BCUT2D eigenvalue weighted by molar-refractivity contribution is -0.117. The summed E-state index contributed by atoms with van der Waals surface area (Å²) in [5, 5.41) is 4.56. The van der Waals surface area contributed by atoms with Gasteiger partial charge in [0.25, 0.3) is 0 Å². The molecule has 1 aliphatic heterocycles. The van der Waals surface area contributed by atoms with Gasteiger partial charge >= 0.3 is 5.97 Å². The van der Waals surface area contributed by atoms with E-state index in [0.717, 1.165) is 44.7 Å². The highest BCUT2D eigenvalue weighted by atomic mass is 32.1. The molecule has 1 aliphatic rings. The van der Waals surface area contributed by atoms with Gasteiger partial charge in [-0.2, -0.15) is 0 Å². The quantitative estimate of drug-likeness (QED) is 0.749. The molecule has 1 N–H and O–H groups in total. The Labute approximate surface area is 167 Å². The molecule has 3 rings (SSSR count). The van der Waals surface area contributed by atoms with E-state index in [-0.39, 0.29) is 18.3 Å². The van der Waals surface area contributed by atoms with Gasteiger partial charge in [-0.3, -0.25) is 14.6 Å². The number of anilines is 1. The first-order valence-electron chi connectivity index (χ1n) is 9.20. The first-order chi connectivity index (χ1) is 13.5. The average molecular weight is 405 g/mol. The summed E-state index contributed by atoms with van der Waals surface area (Å²) in [5.74, 6) is -0.815. The molecule has 0 bridgehead atoms. The minimum absolute atomic E-state index is 0.143. The van der Waals surface area contributed by atoms with Gasteiger partial charge in [-0.05, 0) is 48.7 Å². The van der Waals surface area contributed by atoms with Crippen molar-refractivity contribution in [3.63, 3.8) is 0 Å². The number of ether oxygens (including phenoxy) is 1. The normalized spacial score (nSPS) is 15.8. The standard InChI is InChI=1S/C20H24FN3O3S/c1-27-20(26)19-17(7-12-28-19)22-18(25)14-24-9-2-8-23(10-11-24)13-15-3-5-16(21)6-4-15/h3-7,12H,2,8-11,13-14H2,1H3,(H,22,25). The van der Waals surface area contributed by atoms with Crippen LogP contribution in [-0.2, 0) is 16.1 Å². The van der Waals surface area contributed by atoms with Gasteiger partial charge in [-0.25, -0.2) is 9.18 Å². The van der Waals surface area contributed by atoms with Gasteiger partial charge in [0.15, 0.2) is 0 Å². The molecule has 1 amide bonds. The van der Waals surface area contributed by atoms with Gasteiger partial charge in [-0.1, -0.05) is 12.1 Å². The number of amides is 1. The zero-order valence-corrected chi connectivity index (χ0v) is 16.6. The van der Waals surface area contributed by atoms with E-state index in [2.05, 4.69) is 15.1 Å². The molecule has 150 valence electrons. The van der Waals surface area contributed by atoms with Crippen molar-refractivity contribution in [2.45, 2.75) is 13.0 Å². The molecule has 0 spiro atoms. The molecule has 1 saturated heterocycles. The Hall–Kier alpha value is -2.29. The Morgan fingerprint density at radius 2 is 1.82 bits per heavy atom. The number of thiophene rings is 1. The van der Waals surface area contributed by atoms with Crippen LogP contribution in [0.2, 0.25) is 0 Å². The third kappa shape index (κ3) is 5.60. The van der Waals surface area contributed by atoms with Crippen molar-refractivity contribution in [3.8, 4) is 0 Å². The number of hydrogen-bond donors (Lipinski definition) is 1. The second-order valence-corrected chi connectivity index (χ2v) is 7.65. The second kappa shape index (κ2) is 9.77. The summed E-state index contributed by atoms with van der Waals surface area (Å²) >= 11 is 1.24. The van der Waals surface area contributed by atoms with Gasteiger partial charge < -0.3 is 10.1 Å². The minimum Gasteiger partial charge on any atom is -0.465 e. The van der Waals surface area contributed by atoms with E-state index in [9.17, 15) is 14.0 Å². The van der Waals surface area contributed by atoms with Crippen molar-refractivity contribution in [1.82, 2.24) is 9.80 Å². The van der Waals surface area contributed by atoms with Gasteiger partial charge in [0.05, 0.1) is 19.3 Å². The summed E-state index contributed by atoms with van der Waals surface area (Å²) in [7, 11) is 1.32. The lowest BCUT2D eigenvalue weighted by Gasteiger charge is -2.21. The largest absolute Gasteiger partial charge is 0.465 e. The predicted molar refractivity (Wildman–Crippen MR) is 107 cm³/mol. The molecule has 0 radical (unpaired) electrons. The van der Waals surface area contributed by atoms with Crippen LogP contribution >= 0.6 is 11.3 Å². The van der Waals surface area contributed by atoms with Crippen LogP contribution in [0.3, 0.4) is 0 Å². The Morgan fingerprint density at radius 1 is 1.11 bits per heavy atom. The first kappa shape index (κ1) is 20.4. The minimum atomic E-state index is -0.448. The maximum atomic E-state index is 13.0. The maximum absolute atomic E-state index is 13.0. The van der Waals surface area contributed by atoms with Crippen molar-refractivity contribution in [2.24, 2.45) is 0 Å². The Kier molecular flexibility index (Phi) is 7.13. The van der Waals surface area contributed by atoms with Crippen molar-refractivity contribution >= 4 is 28.9 Å². The zero-order chi connectivity index (χ0) is 19.9. The monoisotopic (exact) mass is 405 g/mol. The molecule has 1 fully saturated rings. The van der Waals surface area contributed by atoms with Crippen LogP contribution in [0.4, 0.5) is 10.1 Å². The number of hydrogen-bond acceptors (Lipinski definition) is 6. The predicted octanol–water partition coefficient (Wildman–Crippen LogP) is 2.82. The highest BCUT2D eigenvalue weighted by molar-refractivity contribution is 7.12. The van der Waals surface area contributed by atoms with Crippen molar-refractivity contribution in [1.29, 1.82) is 0 Å². The van der Waals surface area contributed by atoms with Crippen LogP contribution < -0.4 is 5.32 Å². The second-order valence-electron chi connectivity index (χ2n) is 6.74. The van der Waals surface area contributed by atoms with Crippen LogP contribution in [0.1, 0.15) is 21.7 Å². The number of carbonyl (C=O) groups is 2. The summed E-state index contributed by atoms with van der Waals surface area (Å²) in [5.41, 5.74) is 1.58. The summed E-state index contributed by atoms with van der Waals surface area (Å²) in [6, 6.07) is 8.30. The van der Waals surface area contributed by atoms with E-state index in [1.54, 1.807) is 11.4 Å². The topological polar surface area (TPSA) is 61.9 Å². The number of carbonyl (C=O) groups excluding carboxylic acids is 2. The van der Waals surface area contributed by atoms with Crippen molar-refractivity contribution in [2.75, 3.05) is 45.2 Å². The van der Waals surface area contributed by atoms with Gasteiger partial charge in [0.2, 0.25) is 5.91 Å². The number of nitrogens with one attached hydrogen (secondary N) is 1. The fraction of sp³-hybridized carbons (Fsp3) is 0.400. The molecule has 0 saturated carbocycles. The van der Waals surface area contributed by atoms with Crippen LogP contribution in [0.5, 0.6) is 0 Å². The molecule has 6 nitrogen and oxygen atoms in total. The van der Waals surface area contributed by atoms with E-state index in [4.69, 9.17) is 4.74 Å². The summed E-state index contributed by atoms with van der Waals surface area (Å²) in [6.45, 7) is 4.45. The van der Waals surface area contributed by atoms with E-state index in [1.807, 2.05) is 12.1 Å². The molecule has 1 aromatic heterocycles. The van der Waals surface area contributed by atoms with Crippen LogP contribution in [0.25, 0.3) is 0 Å². The molecule has 8 heteroatoms. The summed E-state index contributed by atoms with van der Waals surface area (Å²) < 4.78 is 17.8. The van der Waals surface area contributed by atoms with Crippen molar-refractivity contribution < 1.29 is 18.7 Å². The Balaban J connectivity index is 1.49. The molecule has 0 aliphatic carbocycles. The fourth-order valence-corrected chi connectivity index (χ4v) is 4.01. The summed E-state index contributed by atoms with van der Waals surface area (Å²) in [6.07, 6.45) is 0.959. The van der Waals surface area contributed by atoms with E-state index >= 15 is 0 Å². The number of esters is 1. The smallest absolute Gasteiger partial charge is 0.350 e. The molecule has 28 heavy (non-hydrogen) atoms. The lowest BCUT2D eigenvalue weighted by Crippen LogP contribution is -2.36. The number of benzene rings is 1. The molecular weight excluding hydrogens is 381 g/mol. The third-order valence-electron chi connectivity index (χ3n) is 4.68. The molecule has 2 heterocycles. The van der Waals surface area contributed by atoms with E-state index in [0.29, 0.717) is 10.6 Å². The highest BCUT2D eigenvalue weighted by Gasteiger charge is 2.19. The summed E-state index contributed by atoms with van der Waals surface area (Å²) in [4.78, 5) is 29.0.